The van der Waals surface area contributed by atoms with Gasteiger partial charge in [-0.3, -0.25) is 4.98 Å². The van der Waals surface area contributed by atoms with E-state index in [4.69, 9.17) is 0 Å². The van der Waals surface area contributed by atoms with Gasteiger partial charge in [0.25, 0.3) is 0 Å². The van der Waals surface area contributed by atoms with E-state index in [0.717, 1.165) is 37.1 Å². The molecule has 5 nitrogen and oxygen atoms in total. The zero-order valence-electron chi connectivity index (χ0n) is 10.2. The molecule has 0 amide bonds. The third kappa shape index (κ3) is 2.08. The summed E-state index contributed by atoms with van der Waals surface area (Å²) in [6, 6.07) is 3.84. The van der Waals surface area contributed by atoms with Crippen molar-refractivity contribution in [3.8, 4) is 0 Å². The molecule has 2 aromatic heterocycles. The van der Waals surface area contributed by atoms with Gasteiger partial charge in [0, 0.05) is 19.3 Å². The monoisotopic (exact) mass is 244 g/mol. The van der Waals surface area contributed by atoms with E-state index in [9.17, 15) is 4.79 Å². The first-order valence-electron chi connectivity index (χ1n) is 6.44. The number of pyridine rings is 1. The van der Waals surface area contributed by atoms with Crippen LogP contribution in [0.15, 0.2) is 23.1 Å². The smallest absolute Gasteiger partial charge is 0.348 e. The molecule has 18 heavy (non-hydrogen) atoms. The zero-order valence-corrected chi connectivity index (χ0v) is 10.2. The Balaban J connectivity index is 2.11. The second-order valence-corrected chi connectivity index (χ2v) is 4.67. The molecule has 1 N–H and O–H groups in total. The molecule has 0 atom stereocenters. The van der Waals surface area contributed by atoms with Crippen molar-refractivity contribution in [1.82, 2.24) is 15.0 Å². The Morgan fingerprint density at radius 1 is 1.17 bits per heavy atom. The lowest BCUT2D eigenvalue weighted by Crippen LogP contribution is -2.28. The third-order valence-corrected chi connectivity index (χ3v) is 3.39. The molecule has 3 heterocycles. The molecule has 1 aliphatic rings. The van der Waals surface area contributed by atoms with Crippen molar-refractivity contribution in [2.75, 3.05) is 18.0 Å². The van der Waals surface area contributed by atoms with Crippen LogP contribution in [0.3, 0.4) is 0 Å². The van der Waals surface area contributed by atoms with Gasteiger partial charge in [-0.15, -0.1) is 0 Å². The molecule has 0 aliphatic carbocycles. The van der Waals surface area contributed by atoms with Crippen molar-refractivity contribution in [3.63, 3.8) is 0 Å². The minimum Gasteiger partial charge on any atom is -0.356 e. The van der Waals surface area contributed by atoms with Gasteiger partial charge in [-0.25, -0.2) is 9.78 Å². The first-order valence-corrected chi connectivity index (χ1v) is 6.44. The number of hydrogen-bond donors (Lipinski definition) is 1. The Hall–Kier alpha value is -1.91. The molecule has 0 spiro atoms. The summed E-state index contributed by atoms with van der Waals surface area (Å²) in [4.78, 5) is 24.8. The summed E-state index contributed by atoms with van der Waals surface area (Å²) in [7, 11) is 0. The highest BCUT2D eigenvalue weighted by Gasteiger charge is 2.15. The number of rotatable bonds is 1. The van der Waals surface area contributed by atoms with E-state index in [2.05, 4.69) is 19.9 Å². The fraction of sp³-hybridized carbons (Fsp3) is 0.462. The van der Waals surface area contributed by atoms with Gasteiger partial charge in [-0.05, 0) is 25.0 Å². The van der Waals surface area contributed by atoms with Crippen molar-refractivity contribution in [3.05, 3.63) is 28.8 Å². The van der Waals surface area contributed by atoms with Crippen LogP contribution >= 0.6 is 0 Å². The van der Waals surface area contributed by atoms with Crippen LogP contribution in [0.1, 0.15) is 25.7 Å². The van der Waals surface area contributed by atoms with Gasteiger partial charge < -0.3 is 4.90 Å². The second kappa shape index (κ2) is 4.76. The number of nitrogens with one attached hydrogen (secondary N) is 1. The molecular formula is C13H16N4O. The van der Waals surface area contributed by atoms with Crippen LogP contribution in [0.5, 0.6) is 0 Å². The van der Waals surface area contributed by atoms with Gasteiger partial charge in [0.15, 0.2) is 0 Å². The van der Waals surface area contributed by atoms with Gasteiger partial charge in [0.2, 0.25) is 0 Å². The van der Waals surface area contributed by atoms with E-state index in [1.165, 1.54) is 12.8 Å². The van der Waals surface area contributed by atoms with Gasteiger partial charge in [-0.1, -0.05) is 12.8 Å². The maximum absolute atomic E-state index is 11.6. The van der Waals surface area contributed by atoms with Crippen molar-refractivity contribution in [2.45, 2.75) is 25.7 Å². The highest BCUT2D eigenvalue weighted by molar-refractivity contribution is 5.86. The molecule has 1 fully saturated rings. The van der Waals surface area contributed by atoms with Gasteiger partial charge in [-0.2, -0.15) is 4.98 Å². The first kappa shape index (κ1) is 11.2. The van der Waals surface area contributed by atoms with E-state index in [1.807, 2.05) is 12.1 Å². The largest absolute Gasteiger partial charge is 0.356 e. The average Bonchev–Trinajstić information content (AvgIpc) is 2.66. The average molecular weight is 244 g/mol. The minimum absolute atomic E-state index is 0.319. The van der Waals surface area contributed by atoms with E-state index in [-0.39, 0.29) is 5.69 Å². The van der Waals surface area contributed by atoms with Crippen LogP contribution in [-0.4, -0.2) is 28.0 Å². The number of fused-ring (bicyclic) bond motifs is 1. The number of aromatic nitrogens is 3. The van der Waals surface area contributed by atoms with Crippen molar-refractivity contribution >= 4 is 16.9 Å². The highest BCUT2D eigenvalue weighted by Crippen LogP contribution is 2.22. The Bertz CT molecular complexity index is 599. The highest BCUT2D eigenvalue weighted by atomic mass is 16.1. The van der Waals surface area contributed by atoms with E-state index >= 15 is 0 Å². The predicted molar refractivity (Wildman–Crippen MR) is 70.8 cm³/mol. The first-order chi connectivity index (χ1) is 8.84. The van der Waals surface area contributed by atoms with Crippen LogP contribution < -0.4 is 10.6 Å². The number of anilines is 1. The molecule has 1 saturated heterocycles. The summed E-state index contributed by atoms with van der Waals surface area (Å²) in [5.41, 5.74) is 0.303. The molecule has 0 bridgehead atoms. The Morgan fingerprint density at radius 3 is 2.72 bits per heavy atom. The maximum atomic E-state index is 11.6. The molecule has 0 unspecified atom stereocenters. The molecule has 5 heteroatoms. The van der Waals surface area contributed by atoms with Crippen LogP contribution in [0, 0.1) is 0 Å². The molecule has 94 valence electrons. The number of H-pyrrole nitrogens is 1. The third-order valence-electron chi connectivity index (χ3n) is 3.39. The predicted octanol–water partition coefficient (Wildman–Crippen LogP) is 1.70. The topological polar surface area (TPSA) is 61.9 Å². The lowest BCUT2D eigenvalue weighted by atomic mass is 10.2. The van der Waals surface area contributed by atoms with Crippen molar-refractivity contribution < 1.29 is 0 Å². The maximum Gasteiger partial charge on any atom is 0.348 e. The van der Waals surface area contributed by atoms with Gasteiger partial charge in [0.1, 0.15) is 11.5 Å². The van der Waals surface area contributed by atoms with Gasteiger partial charge >= 0.3 is 5.69 Å². The fourth-order valence-electron chi connectivity index (χ4n) is 2.49. The van der Waals surface area contributed by atoms with Crippen molar-refractivity contribution in [1.29, 1.82) is 0 Å². The van der Waals surface area contributed by atoms with Crippen LogP contribution in [0.2, 0.25) is 0 Å². The van der Waals surface area contributed by atoms with Gasteiger partial charge in [0.05, 0.1) is 5.39 Å². The number of nitrogens with zero attached hydrogens (tertiary/aromatic N) is 3. The fourth-order valence-corrected chi connectivity index (χ4v) is 2.49. The molecular weight excluding hydrogens is 228 g/mol. The molecule has 0 saturated carbocycles. The lowest BCUT2D eigenvalue weighted by Gasteiger charge is -2.22. The summed E-state index contributed by atoms with van der Waals surface area (Å²) in [6.07, 6.45) is 6.53. The summed E-state index contributed by atoms with van der Waals surface area (Å²) in [5, 5.41) is 0.930. The lowest BCUT2D eigenvalue weighted by molar-refractivity contribution is 0.726. The van der Waals surface area contributed by atoms with Crippen LogP contribution in [0.4, 0.5) is 5.82 Å². The molecule has 2 aromatic rings. The van der Waals surface area contributed by atoms with E-state index in [0.29, 0.717) is 5.65 Å². The van der Waals surface area contributed by atoms with Crippen LogP contribution in [-0.2, 0) is 0 Å². The SMILES string of the molecule is O=c1nc(N2CCCCCC2)c2cccnc2[nH]1. The molecule has 3 rings (SSSR count). The normalized spacial score (nSPS) is 16.8. The Morgan fingerprint density at radius 2 is 1.94 bits per heavy atom. The summed E-state index contributed by atoms with van der Waals surface area (Å²) < 4.78 is 0. The molecule has 0 aromatic carbocycles. The van der Waals surface area contributed by atoms with Crippen LogP contribution in [0.25, 0.3) is 11.0 Å². The minimum atomic E-state index is -0.319. The summed E-state index contributed by atoms with van der Waals surface area (Å²) >= 11 is 0. The summed E-state index contributed by atoms with van der Waals surface area (Å²) in [5.74, 6) is 0.781. The zero-order chi connectivity index (χ0) is 12.4. The summed E-state index contributed by atoms with van der Waals surface area (Å²) in [6.45, 7) is 1.95. The molecule has 1 aliphatic heterocycles. The van der Waals surface area contributed by atoms with E-state index in [1.54, 1.807) is 6.20 Å². The number of aromatic amines is 1. The van der Waals surface area contributed by atoms with E-state index < -0.39 is 0 Å². The quantitative estimate of drug-likeness (QED) is 0.829. The number of hydrogen-bond acceptors (Lipinski definition) is 4. The second-order valence-electron chi connectivity index (χ2n) is 4.67. The standard InChI is InChI=1S/C13H16N4O/c18-13-15-11-10(6-5-7-14-11)12(16-13)17-8-3-1-2-4-9-17/h5-7H,1-4,8-9H2,(H,14,15,16,18). The van der Waals surface area contributed by atoms with Crippen molar-refractivity contribution in [2.24, 2.45) is 0 Å². The Labute approximate surface area is 105 Å². The molecule has 0 radical (unpaired) electrons. The Kier molecular flexibility index (Phi) is 2.96.